The number of fused-ring (bicyclic) bond motifs is 1. The molecule has 5 amide bonds. The Morgan fingerprint density at radius 3 is 2.40 bits per heavy atom. The molecule has 2 heterocycles. The molecule has 2 aliphatic rings. The summed E-state index contributed by atoms with van der Waals surface area (Å²) in [6.07, 6.45) is 0.259. The Kier molecular flexibility index (Phi) is 8.67. The largest absolute Gasteiger partial charge is 0.491 e. The molecule has 0 unspecified atom stereocenters. The van der Waals surface area contributed by atoms with Gasteiger partial charge in [0.1, 0.15) is 24.4 Å². The first-order valence-electron chi connectivity index (χ1n) is 11.8. The van der Waals surface area contributed by atoms with Crippen LogP contribution in [0.4, 0.5) is 0 Å². The fourth-order valence-electron chi connectivity index (χ4n) is 4.17. The summed E-state index contributed by atoms with van der Waals surface area (Å²) >= 11 is 0. The molecular formula is C24H33N5O6. The van der Waals surface area contributed by atoms with E-state index in [1.165, 1.54) is 11.8 Å². The molecule has 0 aliphatic carbocycles. The van der Waals surface area contributed by atoms with Crippen LogP contribution < -0.4 is 15.4 Å². The number of nitrogens with one attached hydrogen (secondary N) is 2. The van der Waals surface area contributed by atoms with Crippen molar-refractivity contribution in [3.8, 4) is 5.75 Å². The van der Waals surface area contributed by atoms with Crippen molar-refractivity contribution in [2.24, 2.45) is 0 Å². The van der Waals surface area contributed by atoms with Crippen LogP contribution in [-0.4, -0.2) is 103 Å². The zero-order valence-electron chi connectivity index (χ0n) is 20.4. The second-order valence-electron chi connectivity index (χ2n) is 8.81. The minimum atomic E-state index is -1.15. The van der Waals surface area contributed by atoms with Crippen LogP contribution in [0.1, 0.15) is 37.0 Å². The lowest BCUT2D eigenvalue weighted by atomic mass is 10.1. The first kappa shape index (κ1) is 26.0. The van der Waals surface area contributed by atoms with Gasteiger partial charge in [0.05, 0.1) is 18.5 Å². The molecule has 0 radical (unpaired) electrons. The highest BCUT2D eigenvalue weighted by Gasteiger charge is 2.32. The normalized spacial score (nSPS) is 22.7. The number of para-hydroxylation sites is 1. The van der Waals surface area contributed by atoms with Gasteiger partial charge in [0.25, 0.3) is 5.91 Å². The van der Waals surface area contributed by atoms with Crippen molar-refractivity contribution in [3.63, 3.8) is 0 Å². The SMILES string of the molecule is CC(=O)N1CCCN(C(=O)[C@@H]2CC(=O)N[C@@H](C)C(=O)N(C)CCOc3ccccc3C(=O)N2)CC1. The lowest BCUT2D eigenvalue weighted by molar-refractivity contribution is -0.137. The Labute approximate surface area is 204 Å². The van der Waals surface area contributed by atoms with Crippen molar-refractivity contribution in [2.45, 2.75) is 38.8 Å². The van der Waals surface area contributed by atoms with Crippen LogP contribution in [0, 0.1) is 0 Å². The van der Waals surface area contributed by atoms with Crippen molar-refractivity contribution in [2.75, 3.05) is 46.4 Å². The van der Waals surface area contributed by atoms with Crippen molar-refractivity contribution >= 4 is 29.5 Å². The highest BCUT2D eigenvalue weighted by atomic mass is 16.5. The molecule has 2 N–H and O–H groups in total. The topological polar surface area (TPSA) is 128 Å². The average Bonchev–Trinajstić information content (AvgIpc) is 3.09. The van der Waals surface area contributed by atoms with Crippen LogP contribution in [0.2, 0.25) is 0 Å². The average molecular weight is 488 g/mol. The summed E-state index contributed by atoms with van der Waals surface area (Å²) < 4.78 is 5.77. The summed E-state index contributed by atoms with van der Waals surface area (Å²) in [6, 6.07) is 4.65. The summed E-state index contributed by atoms with van der Waals surface area (Å²) in [7, 11) is 1.61. The van der Waals surface area contributed by atoms with Gasteiger partial charge < -0.3 is 30.1 Å². The van der Waals surface area contributed by atoms with Crippen LogP contribution in [0.3, 0.4) is 0 Å². The minimum absolute atomic E-state index is 0.0646. The molecular weight excluding hydrogens is 454 g/mol. The van der Waals surface area contributed by atoms with Gasteiger partial charge in [-0.25, -0.2) is 0 Å². The number of benzene rings is 1. The standard InChI is InChI=1S/C24H33N5O6/c1-16-23(33)27(3)13-14-35-20-8-5-4-7-18(20)22(32)26-19(15-21(31)25-16)24(34)29-10-6-9-28(11-12-29)17(2)30/h4-5,7-8,16,19H,6,9-15H2,1-3H3,(H,25,31)(H,26,32)/t16-,19-/m0/s1. The lowest BCUT2D eigenvalue weighted by Crippen LogP contribution is -2.53. The van der Waals surface area contributed by atoms with Gasteiger partial charge in [-0.15, -0.1) is 0 Å². The second kappa shape index (κ2) is 11.7. The van der Waals surface area contributed by atoms with E-state index >= 15 is 0 Å². The molecule has 11 nitrogen and oxygen atoms in total. The smallest absolute Gasteiger partial charge is 0.255 e. The van der Waals surface area contributed by atoms with Crippen LogP contribution in [0.5, 0.6) is 5.75 Å². The van der Waals surface area contributed by atoms with E-state index in [0.29, 0.717) is 38.3 Å². The monoisotopic (exact) mass is 487 g/mol. The highest BCUT2D eigenvalue weighted by molar-refractivity contribution is 6.01. The molecule has 0 saturated carbocycles. The first-order valence-corrected chi connectivity index (χ1v) is 11.8. The van der Waals surface area contributed by atoms with Crippen molar-refractivity contribution in [1.82, 2.24) is 25.3 Å². The third kappa shape index (κ3) is 6.71. The summed E-state index contributed by atoms with van der Waals surface area (Å²) in [5.74, 6) is -1.53. The molecule has 2 atom stereocenters. The van der Waals surface area contributed by atoms with Gasteiger partial charge in [-0.1, -0.05) is 12.1 Å². The lowest BCUT2D eigenvalue weighted by Gasteiger charge is -2.28. The molecule has 1 aromatic rings. The molecule has 0 spiro atoms. The van der Waals surface area contributed by atoms with Gasteiger partial charge in [0.2, 0.25) is 23.6 Å². The quantitative estimate of drug-likeness (QED) is 0.555. The molecule has 35 heavy (non-hydrogen) atoms. The summed E-state index contributed by atoms with van der Waals surface area (Å²) in [4.78, 5) is 68.4. The predicted octanol–water partition coefficient (Wildman–Crippen LogP) is -0.389. The van der Waals surface area contributed by atoms with Crippen molar-refractivity contribution in [1.29, 1.82) is 0 Å². The fourth-order valence-corrected chi connectivity index (χ4v) is 4.17. The van der Waals surface area contributed by atoms with Gasteiger partial charge in [-0.2, -0.15) is 0 Å². The number of likely N-dealkylation sites (N-methyl/N-ethyl adjacent to an activating group) is 1. The van der Waals surface area contributed by atoms with Gasteiger partial charge in [-0.05, 0) is 25.5 Å². The summed E-state index contributed by atoms with van der Waals surface area (Å²) in [5.41, 5.74) is 0.226. The van der Waals surface area contributed by atoms with Gasteiger partial charge in [0.15, 0.2) is 0 Å². The van der Waals surface area contributed by atoms with E-state index in [4.69, 9.17) is 4.74 Å². The molecule has 1 aromatic carbocycles. The Bertz CT molecular complexity index is 983. The van der Waals surface area contributed by atoms with Crippen LogP contribution in [0.25, 0.3) is 0 Å². The van der Waals surface area contributed by atoms with Crippen molar-refractivity contribution in [3.05, 3.63) is 29.8 Å². The zero-order valence-corrected chi connectivity index (χ0v) is 20.4. The number of hydrogen-bond donors (Lipinski definition) is 2. The van der Waals surface area contributed by atoms with Crippen LogP contribution >= 0.6 is 0 Å². The Morgan fingerprint density at radius 2 is 1.66 bits per heavy atom. The molecule has 190 valence electrons. The van der Waals surface area contributed by atoms with E-state index < -0.39 is 29.8 Å². The Hall–Kier alpha value is -3.63. The number of carbonyl (C=O) groups excluding carboxylic acids is 5. The van der Waals surface area contributed by atoms with Crippen LogP contribution in [-0.2, 0) is 19.2 Å². The van der Waals surface area contributed by atoms with E-state index in [-0.39, 0.29) is 37.0 Å². The fraction of sp³-hybridized carbons (Fsp3) is 0.542. The predicted molar refractivity (Wildman–Crippen MR) is 127 cm³/mol. The Morgan fingerprint density at radius 1 is 0.971 bits per heavy atom. The molecule has 3 rings (SSSR count). The number of nitrogens with zero attached hydrogens (tertiary/aromatic N) is 3. The number of amides is 5. The molecule has 1 fully saturated rings. The third-order valence-electron chi connectivity index (χ3n) is 6.19. The van der Waals surface area contributed by atoms with E-state index in [1.54, 1.807) is 48.0 Å². The molecule has 11 heteroatoms. The molecule has 1 saturated heterocycles. The minimum Gasteiger partial charge on any atom is -0.491 e. The third-order valence-corrected chi connectivity index (χ3v) is 6.19. The first-order chi connectivity index (χ1) is 16.7. The number of rotatable bonds is 1. The maximum Gasteiger partial charge on any atom is 0.255 e. The maximum absolute atomic E-state index is 13.4. The summed E-state index contributed by atoms with van der Waals surface area (Å²) in [6.45, 7) is 5.08. The van der Waals surface area contributed by atoms with E-state index in [0.717, 1.165) is 0 Å². The van der Waals surface area contributed by atoms with Gasteiger partial charge >= 0.3 is 0 Å². The summed E-state index contributed by atoms with van der Waals surface area (Å²) in [5, 5.41) is 5.32. The maximum atomic E-state index is 13.4. The van der Waals surface area contributed by atoms with Crippen LogP contribution in [0.15, 0.2) is 24.3 Å². The number of carbonyl (C=O) groups is 5. The molecule has 2 aliphatic heterocycles. The van der Waals surface area contributed by atoms with E-state index in [9.17, 15) is 24.0 Å². The molecule has 0 bridgehead atoms. The molecule has 0 aromatic heterocycles. The second-order valence-corrected chi connectivity index (χ2v) is 8.81. The van der Waals surface area contributed by atoms with Gasteiger partial charge in [0, 0.05) is 40.2 Å². The van der Waals surface area contributed by atoms with Crippen molar-refractivity contribution < 1.29 is 28.7 Å². The zero-order chi connectivity index (χ0) is 25.5. The van der Waals surface area contributed by atoms with E-state index in [1.807, 2.05) is 0 Å². The number of ether oxygens (including phenoxy) is 1. The van der Waals surface area contributed by atoms with Gasteiger partial charge in [-0.3, -0.25) is 24.0 Å². The number of hydrogen-bond acceptors (Lipinski definition) is 6. The highest BCUT2D eigenvalue weighted by Crippen LogP contribution is 2.19. The van der Waals surface area contributed by atoms with E-state index in [2.05, 4.69) is 10.6 Å². The Balaban J connectivity index is 1.86.